The largest absolute Gasteiger partial charge is 0.305 e. The summed E-state index contributed by atoms with van der Waals surface area (Å²) in [7, 11) is 0. The molecule has 0 saturated heterocycles. The third-order valence-electron chi connectivity index (χ3n) is 4.96. The van der Waals surface area contributed by atoms with E-state index in [-0.39, 0.29) is 11.3 Å². The minimum absolute atomic E-state index is 0.184. The summed E-state index contributed by atoms with van der Waals surface area (Å²) in [5, 5.41) is 4.10. The van der Waals surface area contributed by atoms with E-state index < -0.39 is 0 Å². The molecule has 2 atom stereocenters. The van der Waals surface area contributed by atoms with Crippen LogP contribution in [0.15, 0.2) is 126 Å². The Morgan fingerprint density at radius 3 is 1.62 bits per heavy atom. The molecule has 1 nitrogen and oxygen atoms in total. The summed E-state index contributed by atoms with van der Waals surface area (Å²) in [6.45, 7) is 0.832. The molecule has 144 valence electrons. The van der Waals surface area contributed by atoms with Gasteiger partial charge in [0.05, 0.1) is 5.25 Å². The van der Waals surface area contributed by atoms with E-state index >= 15 is 0 Å². The number of hydrogen-bond donors (Lipinski definition) is 1. The van der Waals surface area contributed by atoms with Crippen molar-refractivity contribution in [1.82, 2.24) is 5.32 Å². The normalized spacial score (nSPS) is 13.0. The molecule has 0 spiro atoms. The SMILES string of the molecule is c1ccc(CN[C@H](c2ccccc2)[C@@H](Sc2ccccc2)c2ccccc2)cc1. The van der Waals surface area contributed by atoms with Crippen molar-refractivity contribution < 1.29 is 0 Å². The Kier molecular flexibility index (Phi) is 6.80. The van der Waals surface area contributed by atoms with E-state index in [2.05, 4.69) is 127 Å². The molecule has 0 saturated carbocycles. The molecule has 0 unspecified atom stereocenters. The van der Waals surface area contributed by atoms with Gasteiger partial charge in [-0.05, 0) is 28.8 Å². The first-order chi connectivity index (χ1) is 14.4. The van der Waals surface area contributed by atoms with Crippen molar-refractivity contribution in [2.45, 2.75) is 22.7 Å². The summed E-state index contributed by atoms with van der Waals surface area (Å²) in [5.41, 5.74) is 3.93. The minimum Gasteiger partial charge on any atom is -0.305 e. The van der Waals surface area contributed by atoms with Crippen LogP contribution in [0.25, 0.3) is 0 Å². The van der Waals surface area contributed by atoms with E-state index in [9.17, 15) is 0 Å². The summed E-state index contributed by atoms with van der Waals surface area (Å²) in [4.78, 5) is 1.28. The fraction of sp³-hybridized carbons (Fsp3) is 0.111. The molecular weight excluding hydrogens is 370 g/mol. The number of nitrogens with one attached hydrogen (secondary N) is 1. The standard InChI is InChI=1S/C27H25NS/c1-5-13-22(14-6-1)21-28-26(23-15-7-2-8-16-23)27(24-17-9-3-10-18-24)29-25-19-11-4-12-20-25/h1-20,26-28H,21H2/t26-,27+/m1/s1. The van der Waals surface area contributed by atoms with Gasteiger partial charge in [0.2, 0.25) is 0 Å². The quantitative estimate of drug-likeness (QED) is 0.321. The maximum Gasteiger partial charge on any atom is 0.0539 e. The third kappa shape index (κ3) is 5.38. The fourth-order valence-corrected chi connectivity index (χ4v) is 4.79. The van der Waals surface area contributed by atoms with Gasteiger partial charge in [0.15, 0.2) is 0 Å². The van der Waals surface area contributed by atoms with Crippen LogP contribution in [0.4, 0.5) is 0 Å². The Morgan fingerprint density at radius 2 is 1.03 bits per heavy atom. The zero-order valence-corrected chi connectivity index (χ0v) is 17.1. The molecule has 0 heterocycles. The van der Waals surface area contributed by atoms with Crippen molar-refractivity contribution >= 4 is 11.8 Å². The van der Waals surface area contributed by atoms with Crippen molar-refractivity contribution in [3.8, 4) is 0 Å². The highest BCUT2D eigenvalue weighted by atomic mass is 32.2. The topological polar surface area (TPSA) is 12.0 Å². The van der Waals surface area contributed by atoms with E-state index in [1.807, 2.05) is 11.8 Å². The van der Waals surface area contributed by atoms with Crippen molar-refractivity contribution in [3.05, 3.63) is 138 Å². The molecule has 1 N–H and O–H groups in total. The van der Waals surface area contributed by atoms with E-state index in [1.54, 1.807) is 0 Å². The third-order valence-corrected chi connectivity index (χ3v) is 6.31. The van der Waals surface area contributed by atoms with E-state index in [1.165, 1.54) is 21.6 Å². The number of thioether (sulfide) groups is 1. The van der Waals surface area contributed by atoms with Gasteiger partial charge in [-0.15, -0.1) is 11.8 Å². The molecule has 0 aromatic heterocycles. The maximum absolute atomic E-state index is 3.85. The second-order valence-corrected chi connectivity index (χ2v) is 8.23. The highest BCUT2D eigenvalue weighted by molar-refractivity contribution is 7.99. The van der Waals surface area contributed by atoms with Crippen LogP contribution in [0.5, 0.6) is 0 Å². The molecule has 0 aliphatic rings. The lowest BCUT2D eigenvalue weighted by molar-refractivity contribution is 0.522. The smallest absolute Gasteiger partial charge is 0.0539 e. The van der Waals surface area contributed by atoms with Gasteiger partial charge in [0, 0.05) is 17.5 Å². The summed E-state index contributed by atoms with van der Waals surface area (Å²) < 4.78 is 0. The number of benzene rings is 4. The monoisotopic (exact) mass is 395 g/mol. The van der Waals surface area contributed by atoms with Crippen LogP contribution in [-0.4, -0.2) is 0 Å². The molecule has 29 heavy (non-hydrogen) atoms. The Balaban J connectivity index is 1.68. The zero-order valence-electron chi connectivity index (χ0n) is 16.3. The highest BCUT2D eigenvalue weighted by Crippen LogP contribution is 2.44. The van der Waals surface area contributed by atoms with E-state index in [0.717, 1.165) is 6.54 Å². The van der Waals surface area contributed by atoms with E-state index in [0.29, 0.717) is 0 Å². The molecule has 4 aromatic carbocycles. The van der Waals surface area contributed by atoms with Crippen LogP contribution in [0.3, 0.4) is 0 Å². The van der Waals surface area contributed by atoms with Gasteiger partial charge in [0.1, 0.15) is 0 Å². The zero-order chi connectivity index (χ0) is 19.7. The average Bonchev–Trinajstić information content (AvgIpc) is 2.81. The second kappa shape index (κ2) is 10.1. The van der Waals surface area contributed by atoms with Crippen molar-refractivity contribution in [3.63, 3.8) is 0 Å². The lowest BCUT2D eigenvalue weighted by atomic mass is 9.98. The molecule has 2 heteroatoms. The molecule has 4 aromatic rings. The van der Waals surface area contributed by atoms with Crippen molar-refractivity contribution in [2.24, 2.45) is 0 Å². The van der Waals surface area contributed by atoms with Crippen LogP contribution < -0.4 is 5.32 Å². The summed E-state index contributed by atoms with van der Waals surface area (Å²) >= 11 is 1.92. The molecule has 0 fully saturated rings. The van der Waals surface area contributed by atoms with Crippen LogP contribution >= 0.6 is 11.8 Å². The highest BCUT2D eigenvalue weighted by Gasteiger charge is 2.25. The van der Waals surface area contributed by atoms with Gasteiger partial charge in [-0.25, -0.2) is 0 Å². The van der Waals surface area contributed by atoms with Crippen LogP contribution in [-0.2, 0) is 6.54 Å². The first-order valence-corrected chi connectivity index (χ1v) is 10.9. The summed E-state index contributed by atoms with van der Waals surface area (Å²) in [5.74, 6) is 0. The lowest BCUT2D eigenvalue weighted by Crippen LogP contribution is -2.25. The molecule has 0 radical (unpaired) electrons. The maximum atomic E-state index is 3.85. The Hall–Kier alpha value is -2.81. The molecule has 0 aliphatic carbocycles. The fourth-order valence-electron chi connectivity index (χ4n) is 3.50. The molecule has 4 rings (SSSR count). The van der Waals surface area contributed by atoms with Gasteiger partial charge in [-0.3, -0.25) is 0 Å². The Morgan fingerprint density at radius 1 is 0.552 bits per heavy atom. The van der Waals surface area contributed by atoms with Gasteiger partial charge in [-0.2, -0.15) is 0 Å². The Bertz CT molecular complexity index is 972. The first kappa shape index (κ1) is 19.5. The predicted octanol–water partition coefficient (Wildman–Crippen LogP) is 7.05. The van der Waals surface area contributed by atoms with Gasteiger partial charge in [0.25, 0.3) is 0 Å². The van der Waals surface area contributed by atoms with Crippen LogP contribution in [0, 0.1) is 0 Å². The molecule has 0 amide bonds. The van der Waals surface area contributed by atoms with Gasteiger partial charge in [-0.1, -0.05) is 109 Å². The summed E-state index contributed by atoms with van der Waals surface area (Å²) in [6.07, 6.45) is 0. The van der Waals surface area contributed by atoms with Gasteiger partial charge < -0.3 is 5.32 Å². The van der Waals surface area contributed by atoms with Gasteiger partial charge >= 0.3 is 0 Å². The molecule has 0 aliphatic heterocycles. The predicted molar refractivity (Wildman–Crippen MR) is 124 cm³/mol. The second-order valence-electron chi connectivity index (χ2n) is 7.02. The average molecular weight is 396 g/mol. The lowest BCUT2D eigenvalue weighted by Gasteiger charge is -2.29. The first-order valence-electron chi connectivity index (χ1n) is 9.99. The summed E-state index contributed by atoms with van der Waals surface area (Å²) in [6, 6.07) is 43.1. The van der Waals surface area contributed by atoms with Crippen LogP contribution in [0.2, 0.25) is 0 Å². The molecule has 0 bridgehead atoms. The minimum atomic E-state index is 0.184. The Labute approximate surface area is 177 Å². The van der Waals surface area contributed by atoms with Crippen LogP contribution in [0.1, 0.15) is 28.0 Å². The number of rotatable bonds is 8. The molecular formula is C27H25NS. The van der Waals surface area contributed by atoms with Crippen molar-refractivity contribution in [2.75, 3.05) is 0 Å². The number of hydrogen-bond acceptors (Lipinski definition) is 2. The van der Waals surface area contributed by atoms with Crippen molar-refractivity contribution in [1.29, 1.82) is 0 Å². The van der Waals surface area contributed by atoms with E-state index in [4.69, 9.17) is 0 Å².